The standard InChI is InChI=1S/C13H24N2O/c1-3-6-13(14)9-15(10-13)11(16)12(2)7-4-5-8-12/h3-10,14H2,1-2H3. The predicted octanol–water partition coefficient (Wildman–Crippen LogP) is 1.91. The normalized spacial score (nSPS) is 26.6. The van der Waals surface area contributed by atoms with Crippen LogP contribution in [0.3, 0.4) is 0 Å². The van der Waals surface area contributed by atoms with Gasteiger partial charge in [-0.15, -0.1) is 0 Å². The molecule has 2 N–H and O–H groups in total. The Kier molecular flexibility index (Phi) is 2.99. The van der Waals surface area contributed by atoms with Gasteiger partial charge in [0.2, 0.25) is 5.91 Å². The zero-order valence-corrected chi connectivity index (χ0v) is 10.6. The van der Waals surface area contributed by atoms with Crippen LogP contribution >= 0.6 is 0 Å². The summed E-state index contributed by atoms with van der Waals surface area (Å²) in [7, 11) is 0. The van der Waals surface area contributed by atoms with Gasteiger partial charge in [-0.25, -0.2) is 0 Å². The highest BCUT2D eigenvalue weighted by Gasteiger charge is 2.47. The van der Waals surface area contributed by atoms with Crippen LogP contribution in [0.5, 0.6) is 0 Å². The molecule has 0 aromatic heterocycles. The lowest BCUT2D eigenvalue weighted by molar-refractivity contribution is -0.149. The second kappa shape index (κ2) is 4.02. The minimum absolute atomic E-state index is 0.0758. The Balaban J connectivity index is 1.90. The van der Waals surface area contributed by atoms with Gasteiger partial charge in [-0.3, -0.25) is 4.79 Å². The molecule has 0 unspecified atom stereocenters. The van der Waals surface area contributed by atoms with Crippen molar-refractivity contribution in [3.8, 4) is 0 Å². The van der Waals surface area contributed by atoms with Gasteiger partial charge in [0.25, 0.3) is 0 Å². The summed E-state index contributed by atoms with van der Waals surface area (Å²) in [4.78, 5) is 14.3. The number of nitrogens with two attached hydrogens (primary N) is 1. The van der Waals surface area contributed by atoms with Crippen LogP contribution < -0.4 is 5.73 Å². The Labute approximate surface area is 98.4 Å². The molecule has 1 amide bonds. The lowest BCUT2D eigenvalue weighted by Crippen LogP contribution is -2.69. The summed E-state index contributed by atoms with van der Waals surface area (Å²) in [6.45, 7) is 5.82. The van der Waals surface area contributed by atoms with E-state index in [0.717, 1.165) is 38.8 Å². The third-order valence-corrected chi connectivity index (χ3v) is 4.27. The third kappa shape index (κ3) is 1.97. The summed E-state index contributed by atoms with van der Waals surface area (Å²) in [6.07, 6.45) is 6.68. The summed E-state index contributed by atoms with van der Waals surface area (Å²) in [5, 5.41) is 0. The summed E-state index contributed by atoms with van der Waals surface area (Å²) in [5.74, 6) is 0.349. The summed E-state index contributed by atoms with van der Waals surface area (Å²) in [6, 6.07) is 0. The maximum atomic E-state index is 12.3. The van der Waals surface area contributed by atoms with Crippen LogP contribution in [0.4, 0.5) is 0 Å². The van der Waals surface area contributed by atoms with Crippen LogP contribution in [0.2, 0.25) is 0 Å². The molecule has 92 valence electrons. The Hall–Kier alpha value is -0.570. The summed E-state index contributed by atoms with van der Waals surface area (Å²) >= 11 is 0. The number of likely N-dealkylation sites (tertiary alicyclic amines) is 1. The predicted molar refractivity (Wildman–Crippen MR) is 65.0 cm³/mol. The van der Waals surface area contributed by atoms with Gasteiger partial charge in [0.1, 0.15) is 0 Å². The van der Waals surface area contributed by atoms with Crippen molar-refractivity contribution in [3.05, 3.63) is 0 Å². The van der Waals surface area contributed by atoms with E-state index >= 15 is 0 Å². The maximum absolute atomic E-state index is 12.3. The first-order valence-corrected chi connectivity index (χ1v) is 6.57. The van der Waals surface area contributed by atoms with Crippen LogP contribution in [0, 0.1) is 5.41 Å². The van der Waals surface area contributed by atoms with Gasteiger partial charge in [-0.2, -0.15) is 0 Å². The van der Waals surface area contributed by atoms with Gasteiger partial charge in [0.05, 0.1) is 5.54 Å². The smallest absolute Gasteiger partial charge is 0.228 e. The SMILES string of the molecule is CCCC1(N)CN(C(=O)C2(C)CCCC2)C1. The number of rotatable bonds is 3. The average molecular weight is 224 g/mol. The van der Waals surface area contributed by atoms with E-state index in [0.29, 0.717) is 5.91 Å². The van der Waals surface area contributed by atoms with E-state index in [1.807, 2.05) is 4.90 Å². The number of carbonyl (C=O) groups is 1. The third-order valence-electron chi connectivity index (χ3n) is 4.27. The molecule has 1 aliphatic carbocycles. The van der Waals surface area contributed by atoms with E-state index in [1.165, 1.54) is 12.8 Å². The molecule has 1 saturated carbocycles. The first-order valence-electron chi connectivity index (χ1n) is 6.57. The lowest BCUT2D eigenvalue weighted by atomic mass is 9.81. The average Bonchev–Trinajstić information content (AvgIpc) is 2.62. The van der Waals surface area contributed by atoms with E-state index in [-0.39, 0.29) is 11.0 Å². The topological polar surface area (TPSA) is 46.3 Å². The molecule has 16 heavy (non-hydrogen) atoms. The largest absolute Gasteiger partial charge is 0.338 e. The van der Waals surface area contributed by atoms with Gasteiger partial charge >= 0.3 is 0 Å². The molecule has 2 aliphatic rings. The number of amides is 1. The second-order valence-corrected chi connectivity index (χ2v) is 6.04. The van der Waals surface area contributed by atoms with E-state index in [1.54, 1.807) is 0 Å². The Bertz CT molecular complexity index is 276. The van der Waals surface area contributed by atoms with E-state index in [2.05, 4.69) is 13.8 Å². The molecule has 3 nitrogen and oxygen atoms in total. The Morgan fingerprint density at radius 3 is 2.38 bits per heavy atom. The van der Waals surface area contributed by atoms with Crippen LogP contribution in [0.25, 0.3) is 0 Å². The van der Waals surface area contributed by atoms with Crippen LogP contribution in [0.15, 0.2) is 0 Å². The number of nitrogens with zero attached hydrogens (tertiary/aromatic N) is 1. The van der Waals surface area contributed by atoms with Crippen molar-refractivity contribution >= 4 is 5.91 Å². The monoisotopic (exact) mass is 224 g/mol. The van der Waals surface area contributed by atoms with Crippen molar-refractivity contribution in [1.82, 2.24) is 4.90 Å². The van der Waals surface area contributed by atoms with Gasteiger partial charge in [-0.05, 0) is 19.3 Å². The van der Waals surface area contributed by atoms with Crippen molar-refractivity contribution < 1.29 is 4.79 Å². The molecule has 0 spiro atoms. The fourth-order valence-electron chi connectivity index (χ4n) is 3.26. The van der Waals surface area contributed by atoms with Gasteiger partial charge in [0.15, 0.2) is 0 Å². The molecule has 0 radical (unpaired) electrons. The van der Waals surface area contributed by atoms with Gasteiger partial charge < -0.3 is 10.6 Å². The van der Waals surface area contributed by atoms with E-state index in [9.17, 15) is 4.79 Å². The molecule has 0 bridgehead atoms. The number of hydrogen-bond acceptors (Lipinski definition) is 2. The zero-order chi connectivity index (χ0) is 11.8. The first-order chi connectivity index (χ1) is 7.49. The first kappa shape index (κ1) is 11.9. The number of carbonyl (C=O) groups excluding carboxylic acids is 1. The van der Waals surface area contributed by atoms with E-state index < -0.39 is 0 Å². The van der Waals surface area contributed by atoms with Crippen molar-refractivity contribution in [2.75, 3.05) is 13.1 Å². The molecule has 1 saturated heterocycles. The maximum Gasteiger partial charge on any atom is 0.228 e. The zero-order valence-electron chi connectivity index (χ0n) is 10.6. The lowest BCUT2D eigenvalue weighted by Gasteiger charge is -2.50. The summed E-state index contributed by atoms with van der Waals surface area (Å²) in [5.41, 5.74) is 6.03. The fraction of sp³-hybridized carbons (Fsp3) is 0.923. The van der Waals surface area contributed by atoms with Crippen molar-refractivity contribution in [3.63, 3.8) is 0 Å². The summed E-state index contributed by atoms with van der Waals surface area (Å²) < 4.78 is 0. The molecule has 3 heteroatoms. The molecule has 0 aromatic rings. The molecule has 1 aliphatic heterocycles. The minimum atomic E-state index is -0.0840. The van der Waals surface area contributed by atoms with Crippen LogP contribution in [0.1, 0.15) is 52.4 Å². The molecule has 0 atom stereocenters. The van der Waals surface area contributed by atoms with Crippen LogP contribution in [-0.2, 0) is 4.79 Å². The molecule has 1 heterocycles. The Morgan fingerprint density at radius 2 is 1.88 bits per heavy atom. The minimum Gasteiger partial charge on any atom is -0.338 e. The number of hydrogen-bond donors (Lipinski definition) is 1. The fourth-order valence-corrected chi connectivity index (χ4v) is 3.26. The molecule has 0 aromatic carbocycles. The highest BCUT2D eigenvalue weighted by molar-refractivity contribution is 5.83. The van der Waals surface area contributed by atoms with Gasteiger partial charge in [-0.1, -0.05) is 33.1 Å². The quantitative estimate of drug-likeness (QED) is 0.796. The highest BCUT2D eigenvalue weighted by atomic mass is 16.2. The van der Waals surface area contributed by atoms with Gasteiger partial charge in [0, 0.05) is 18.5 Å². The second-order valence-electron chi connectivity index (χ2n) is 6.04. The molecular formula is C13H24N2O. The van der Waals surface area contributed by atoms with Crippen molar-refractivity contribution in [1.29, 1.82) is 0 Å². The Morgan fingerprint density at radius 1 is 1.31 bits per heavy atom. The highest BCUT2D eigenvalue weighted by Crippen LogP contribution is 2.41. The molecule has 2 rings (SSSR count). The van der Waals surface area contributed by atoms with Crippen LogP contribution in [-0.4, -0.2) is 29.4 Å². The van der Waals surface area contributed by atoms with Crippen molar-refractivity contribution in [2.24, 2.45) is 11.1 Å². The molecular weight excluding hydrogens is 200 g/mol. The van der Waals surface area contributed by atoms with E-state index in [4.69, 9.17) is 5.73 Å². The molecule has 2 fully saturated rings. The van der Waals surface area contributed by atoms with Crippen molar-refractivity contribution in [2.45, 2.75) is 57.9 Å².